The zero-order valence-electron chi connectivity index (χ0n) is 11.7. The average Bonchev–Trinajstić information content (AvgIpc) is 2.65. The van der Waals surface area contributed by atoms with E-state index in [0.29, 0.717) is 0 Å². The van der Waals surface area contributed by atoms with E-state index in [1.54, 1.807) is 0 Å². The summed E-state index contributed by atoms with van der Waals surface area (Å²) in [5.74, 6) is 0. The minimum absolute atomic E-state index is 0.00254. The number of carbonyl (C=O) groups is 1. The standard InChI is InChI=1S/C15H27NOS/c1-18-14-6-5-10-16(11-7-14)12-15(13-17)8-3-2-4-9-15/h13-14H,2-12H2,1H3. The highest BCUT2D eigenvalue weighted by Crippen LogP contribution is 2.36. The Morgan fingerprint density at radius 1 is 1.17 bits per heavy atom. The molecule has 1 heterocycles. The predicted octanol–water partition coefficient (Wildman–Crippen LogP) is 3.35. The van der Waals surface area contributed by atoms with Crippen molar-refractivity contribution in [3.8, 4) is 0 Å². The van der Waals surface area contributed by atoms with Crippen molar-refractivity contribution in [3.63, 3.8) is 0 Å². The van der Waals surface area contributed by atoms with Gasteiger partial charge in [0.2, 0.25) is 0 Å². The van der Waals surface area contributed by atoms with Crippen LogP contribution in [-0.2, 0) is 4.79 Å². The van der Waals surface area contributed by atoms with Crippen LogP contribution in [0.1, 0.15) is 51.4 Å². The summed E-state index contributed by atoms with van der Waals surface area (Å²) in [6, 6.07) is 0. The molecule has 0 N–H and O–H groups in total. The lowest BCUT2D eigenvalue weighted by Crippen LogP contribution is -2.40. The van der Waals surface area contributed by atoms with Crippen molar-refractivity contribution in [2.45, 2.75) is 56.6 Å². The van der Waals surface area contributed by atoms with Gasteiger partial charge in [0.15, 0.2) is 0 Å². The number of hydrogen-bond acceptors (Lipinski definition) is 3. The molecule has 1 atom stereocenters. The summed E-state index contributed by atoms with van der Waals surface area (Å²) in [5.41, 5.74) is -0.00254. The lowest BCUT2D eigenvalue weighted by molar-refractivity contribution is -0.119. The molecule has 18 heavy (non-hydrogen) atoms. The van der Waals surface area contributed by atoms with Gasteiger partial charge in [-0.2, -0.15) is 11.8 Å². The Balaban J connectivity index is 1.89. The van der Waals surface area contributed by atoms with Crippen LogP contribution in [0.25, 0.3) is 0 Å². The Morgan fingerprint density at radius 3 is 2.61 bits per heavy atom. The smallest absolute Gasteiger partial charge is 0.127 e. The molecule has 1 saturated carbocycles. The quantitative estimate of drug-likeness (QED) is 0.730. The van der Waals surface area contributed by atoms with Crippen molar-refractivity contribution in [1.82, 2.24) is 4.90 Å². The Morgan fingerprint density at radius 2 is 1.94 bits per heavy atom. The van der Waals surface area contributed by atoms with Gasteiger partial charge in [-0.25, -0.2) is 0 Å². The minimum atomic E-state index is -0.00254. The number of rotatable bonds is 4. The Labute approximate surface area is 116 Å². The van der Waals surface area contributed by atoms with Crippen molar-refractivity contribution in [3.05, 3.63) is 0 Å². The fraction of sp³-hybridized carbons (Fsp3) is 0.933. The molecule has 1 aliphatic heterocycles. The molecule has 1 saturated heterocycles. The third kappa shape index (κ3) is 3.74. The molecule has 0 aromatic rings. The van der Waals surface area contributed by atoms with Crippen molar-refractivity contribution >= 4 is 18.0 Å². The maximum absolute atomic E-state index is 11.5. The van der Waals surface area contributed by atoms with Gasteiger partial charge in [0.25, 0.3) is 0 Å². The first-order valence-corrected chi connectivity index (χ1v) is 8.78. The summed E-state index contributed by atoms with van der Waals surface area (Å²) >= 11 is 2.02. The number of thioether (sulfide) groups is 1. The summed E-state index contributed by atoms with van der Waals surface area (Å²) in [4.78, 5) is 14.1. The highest BCUT2D eigenvalue weighted by Gasteiger charge is 2.34. The summed E-state index contributed by atoms with van der Waals surface area (Å²) in [7, 11) is 0. The van der Waals surface area contributed by atoms with Crippen LogP contribution < -0.4 is 0 Å². The molecule has 2 rings (SSSR count). The van der Waals surface area contributed by atoms with Crippen LogP contribution in [0.3, 0.4) is 0 Å². The lowest BCUT2D eigenvalue weighted by atomic mass is 9.75. The van der Waals surface area contributed by atoms with Gasteiger partial charge in [-0.15, -0.1) is 0 Å². The largest absolute Gasteiger partial charge is 0.303 e. The molecule has 0 amide bonds. The van der Waals surface area contributed by atoms with Crippen LogP contribution in [0.2, 0.25) is 0 Å². The number of carbonyl (C=O) groups excluding carboxylic acids is 1. The van der Waals surface area contributed by atoms with Crippen LogP contribution in [0.4, 0.5) is 0 Å². The second-order valence-electron chi connectivity index (χ2n) is 6.11. The van der Waals surface area contributed by atoms with E-state index in [1.807, 2.05) is 11.8 Å². The summed E-state index contributed by atoms with van der Waals surface area (Å²) in [6.45, 7) is 3.42. The van der Waals surface area contributed by atoms with E-state index in [9.17, 15) is 4.79 Å². The fourth-order valence-corrected chi connectivity index (χ4v) is 4.28. The molecule has 1 unspecified atom stereocenters. The molecule has 0 aromatic carbocycles. The number of nitrogens with zero attached hydrogens (tertiary/aromatic N) is 1. The van der Waals surface area contributed by atoms with Crippen LogP contribution in [0.15, 0.2) is 0 Å². The third-order valence-corrected chi connectivity index (χ3v) is 5.88. The average molecular weight is 269 g/mol. The highest BCUT2D eigenvalue weighted by molar-refractivity contribution is 7.99. The second-order valence-corrected chi connectivity index (χ2v) is 7.24. The van der Waals surface area contributed by atoms with Crippen molar-refractivity contribution in [1.29, 1.82) is 0 Å². The summed E-state index contributed by atoms with van der Waals surface area (Å²) < 4.78 is 0. The van der Waals surface area contributed by atoms with Gasteiger partial charge in [-0.05, 0) is 51.4 Å². The van der Waals surface area contributed by atoms with Gasteiger partial charge in [0.1, 0.15) is 6.29 Å². The van der Waals surface area contributed by atoms with Crippen LogP contribution in [0, 0.1) is 5.41 Å². The number of aldehydes is 1. The molecule has 2 fully saturated rings. The fourth-order valence-electron chi connectivity index (χ4n) is 3.53. The predicted molar refractivity (Wildman–Crippen MR) is 79.2 cm³/mol. The Hall–Kier alpha value is -0.0200. The lowest BCUT2D eigenvalue weighted by Gasteiger charge is -2.36. The highest BCUT2D eigenvalue weighted by atomic mass is 32.2. The SMILES string of the molecule is CSC1CCCN(CC2(C=O)CCCCC2)CC1. The van der Waals surface area contributed by atoms with Crippen LogP contribution in [0.5, 0.6) is 0 Å². The maximum atomic E-state index is 11.5. The molecule has 0 spiro atoms. The van der Waals surface area contributed by atoms with Crippen LogP contribution in [-0.4, -0.2) is 42.3 Å². The topological polar surface area (TPSA) is 20.3 Å². The molecule has 2 aliphatic rings. The number of hydrogen-bond donors (Lipinski definition) is 0. The van der Waals surface area contributed by atoms with E-state index in [1.165, 1.54) is 57.9 Å². The maximum Gasteiger partial charge on any atom is 0.127 e. The number of likely N-dealkylation sites (tertiary alicyclic amines) is 1. The third-order valence-electron chi connectivity index (χ3n) is 4.74. The van der Waals surface area contributed by atoms with Crippen molar-refractivity contribution in [2.75, 3.05) is 25.9 Å². The van der Waals surface area contributed by atoms with E-state index in [0.717, 1.165) is 24.6 Å². The molecular weight excluding hydrogens is 242 g/mol. The summed E-state index contributed by atoms with van der Waals surface area (Å²) in [5, 5.41) is 0.841. The van der Waals surface area contributed by atoms with Crippen LogP contribution >= 0.6 is 11.8 Å². The first kappa shape index (κ1) is 14.4. The minimum Gasteiger partial charge on any atom is -0.303 e. The first-order chi connectivity index (χ1) is 8.78. The van der Waals surface area contributed by atoms with E-state index in [4.69, 9.17) is 0 Å². The van der Waals surface area contributed by atoms with Gasteiger partial charge >= 0.3 is 0 Å². The van der Waals surface area contributed by atoms with Crippen molar-refractivity contribution < 1.29 is 4.79 Å². The molecule has 0 bridgehead atoms. The molecule has 2 nitrogen and oxygen atoms in total. The molecule has 0 radical (unpaired) electrons. The van der Waals surface area contributed by atoms with Gasteiger partial charge in [-0.1, -0.05) is 19.3 Å². The van der Waals surface area contributed by atoms with E-state index in [2.05, 4.69) is 11.2 Å². The normalized spacial score (nSPS) is 29.7. The molecular formula is C15H27NOS. The van der Waals surface area contributed by atoms with E-state index >= 15 is 0 Å². The molecule has 3 heteroatoms. The molecule has 104 valence electrons. The van der Waals surface area contributed by atoms with Crippen molar-refractivity contribution in [2.24, 2.45) is 5.41 Å². The van der Waals surface area contributed by atoms with Gasteiger partial charge in [0.05, 0.1) is 0 Å². The van der Waals surface area contributed by atoms with E-state index < -0.39 is 0 Å². The Kier molecular flexibility index (Phi) is 5.56. The first-order valence-electron chi connectivity index (χ1n) is 7.49. The molecule has 0 aromatic heterocycles. The monoisotopic (exact) mass is 269 g/mol. The zero-order chi connectivity index (χ0) is 12.8. The zero-order valence-corrected chi connectivity index (χ0v) is 12.5. The summed E-state index contributed by atoms with van der Waals surface area (Å²) in [6.07, 6.45) is 13.5. The van der Waals surface area contributed by atoms with E-state index in [-0.39, 0.29) is 5.41 Å². The van der Waals surface area contributed by atoms with Gasteiger partial charge in [-0.3, -0.25) is 0 Å². The Bertz CT molecular complexity index is 263. The molecule has 1 aliphatic carbocycles. The van der Waals surface area contributed by atoms with Gasteiger partial charge in [0, 0.05) is 17.2 Å². The van der Waals surface area contributed by atoms with Gasteiger partial charge < -0.3 is 9.69 Å². The second kappa shape index (κ2) is 6.95.